The van der Waals surface area contributed by atoms with Crippen LogP contribution in [0.1, 0.15) is 58.8 Å². The molecule has 4 saturated carbocycles. The molecule has 2 unspecified atom stereocenters. The summed E-state index contributed by atoms with van der Waals surface area (Å²) in [4.78, 5) is 0. The Morgan fingerprint density at radius 1 is 1.08 bits per heavy atom. The Labute approximate surface area is 161 Å². The maximum absolute atomic E-state index is 6.61. The molecule has 146 valence electrons. The Hall–Kier alpha value is -0.283. The summed E-state index contributed by atoms with van der Waals surface area (Å²) < 4.78 is 12.8. The Kier molecular flexibility index (Phi) is 3.56. The summed E-state index contributed by atoms with van der Waals surface area (Å²) in [7, 11) is 0.445. The summed E-state index contributed by atoms with van der Waals surface area (Å²) in [6.45, 7) is 12.2. The molecule has 26 heavy (non-hydrogen) atoms. The van der Waals surface area contributed by atoms with E-state index in [-0.39, 0.29) is 5.41 Å². The third-order valence-corrected chi connectivity index (χ3v) is 10.6. The van der Waals surface area contributed by atoms with Crippen molar-refractivity contribution in [2.24, 2.45) is 39.9 Å². The number of ether oxygens (including phenoxy) is 1. The van der Waals surface area contributed by atoms with E-state index >= 15 is 0 Å². The number of rotatable bonds is 3. The average Bonchev–Trinajstić information content (AvgIpc) is 3.10. The topological polar surface area (TPSA) is 18.5 Å². The number of methoxy groups -OCH3 is 1. The van der Waals surface area contributed by atoms with Crippen molar-refractivity contribution in [2.45, 2.75) is 84.5 Å². The van der Waals surface area contributed by atoms with E-state index in [2.05, 4.69) is 39.6 Å². The van der Waals surface area contributed by atoms with Gasteiger partial charge in [0, 0.05) is 17.9 Å². The maximum Gasteiger partial charge on any atom is 0.241 e. The molecule has 0 aromatic heterocycles. The number of hydrogen-bond donors (Lipinski definition) is 0. The van der Waals surface area contributed by atoms with Gasteiger partial charge in [0.05, 0.1) is 11.9 Å². The molecule has 0 heterocycles. The highest BCUT2D eigenvalue weighted by molar-refractivity contribution is 6.70. The van der Waals surface area contributed by atoms with Crippen molar-refractivity contribution in [2.75, 3.05) is 7.11 Å². The molecule has 0 N–H and O–H groups in total. The zero-order valence-corrected chi connectivity index (χ0v) is 18.7. The SMILES string of the molecule is CO[C@@H]1C[C@H]2[C@@H]3CC=C(O[Si](C)(C)C)[C@@]3(C)CC[C@@H]2[C@@]2(C)CCC3CC312. The number of fused-ring (bicyclic) bond motifs is 4. The van der Waals surface area contributed by atoms with Gasteiger partial charge in [-0.15, -0.1) is 0 Å². The van der Waals surface area contributed by atoms with Gasteiger partial charge in [0.1, 0.15) is 0 Å². The average molecular weight is 375 g/mol. The minimum Gasteiger partial charge on any atom is -0.547 e. The third kappa shape index (κ3) is 2.03. The fraction of sp³-hybridized carbons (Fsp3) is 0.913. The lowest BCUT2D eigenvalue weighted by Crippen LogP contribution is -2.56. The molecule has 8 atom stereocenters. The zero-order chi connectivity index (χ0) is 18.5. The summed E-state index contributed by atoms with van der Waals surface area (Å²) in [5.41, 5.74) is 1.35. The van der Waals surface area contributed by atoms with Crippen molar-refractivity contribution in [1.29, 1.82) is 0 Å². The summed E-state index contributed by atoms with van der Waals surface area (Å²) in [6.07, 6.45) is 12.6. The first-order valence-corrected chi connectivity index (χ1v) is 14.5. The third-order valence-electron chi connectivity index (χ3n) is 9.75. The van der Waals surface area contributed by atoms with Gasteiger partial charge in [-0.1, -0.05) is 13.8 Å². The van der Waals surface area contributed by atoms with Crippen LogP contribution in [0.5, 0.6) is 0 Å². The largest absolute Gasteiger partial charge is 0.547 e. The Morgan fingerprint density at radius 2 is 1.85 bits per heavy atom. The molecule has 0 saturated heterocycles. The van der Waals surface area contributed by atoms with Crippen molar-refractivity contribution in [1.82, 2.24) is 0 Å². The normalized spacial score (nSPS) is 54.7. The van der Waals surface area contributed by atoms with Crippen LogP contribution >= 0.6 is 0 Å². The van der Waals surface area contributed by atoms with Crippen molar-refractivity contribution in [3.63, 3.8) is 0 Å². The van der Waals surface area contributed by atoms with E-state index in [0.717, 1.165) is 23.7 Å². The molecule has 0 amide bonds. The lowest BCUT2D eigenvalue weighted by atomic mass is 9.46. The van der Waals surface area contributed by atoms with Gasteiger partial charge in [0.2, 0.25) is 8.32 Å². The Bertz CT molecular complexity index is 651. The minimum absolute atomic E-state index is 0.280. The monoisotopic (exact) mass is 374 g/mol. The first-order valence-electron chi connectivity index (χ1n) is 11.1. The molecular formula is C23H38O2Si. The van der Waals surface area contributed by atoms with Crippen LogP contribution in [0.4, 0.5) is 0 Å². The first-order chi connectivity index (χ1) is 12.2. The highest BCUT2D eigenvalue weighted by Gasteiger charge is 2.77. The molecule has 0 aliphatic heterocycles. The second-order valence-corrected chi connectivity index (χ2v) is 16.1. The predicted octanol–water partition coefficient (Wildman–Crippen LogP) is 6.00. The standard InChI is InChI=1S/C23H38O2Si/c1-21-11-10-18-16(17(21)7-8-19(21)25-26(4,5)6)13-20(24-3)23-14-15(23)9-12-22(18,23)2/h8,15-18,20H,7,9-14H2,1-6H3/t15?,16-,17-,18-,20+,21-,22+,23?/m0/s1. The van der Waals surface area contributed by atoms with Gasteiger partial charge >= 0.3 is 0 Å². The van der Waals surface area contributed by atoms with Crippen LogP contribution in [0.3, 0.4) is 0 Å². The van der Waals surface area contributed by atoms with Gasteiger partial charge in [-0.2, -0.15) is 0 Å². The Morgan fingerprint density at radius 3 is 2.50 bits per heavy atom. The van der Waals surface area contributed by atoms with E-state index in [1.165, 1.54) is 50.7 Å². The van der Waals surface area contributed by atoms with Crippen LogP contribution < -0.4 is 0 Å². The second kappa shape index (κ2) is 5.20. The molecule has 0 radical (unpaired) electrons. The molecule has 5 aliphatic carbocycles. The predicted molar refractivity (Wildman–Crippen MR) is 108 cm³/mol. The van der Waals surface area contributed by atoms with Crippen LogP contribution in [0, 0.1) is 39.9 Å². The van der Waals surface area contributed by atoms with Crippen LogP contribution in [0.2, 0.25) is 19.6 Å². The lowest BCUT2D eigenvalue weighted by Gasteiger charge is -2.60. The van der Waals surface area contributed by atoms with Gasteiger partial charge in [0.25, 0.3) is 0 Å². The molecular weight excluding hydrogens is 336 g/mol. The Balaban J connectivity index is 1.47. The van der Waals surface area contributed by atoms with Crippen molar-refractivity contribution >= 4 is 8.32 Å². The van der Waals surface area contributed by atoms with Crippen molar-refractivity contribution in [3.05, 3.63) is 11.8 Å². The van der Waals surface area contributed by atoms with Gasteiger partial charge in [-0.3, -0.25) is 0 Å². The second-order valence-electron chi connectivity index (χ2n) is 11.7. The summed E-state index contributed by atoms with van der Waals surface area (Å²) >= 11 is 0. The van der Waals surface area contributed by atoms with Gasteiger partial charge < -0.3 is 9.16 Å². The molecule has 3 heteroatoms. The van der Waals surface area contributed by atoms with E-state index < -0.39 is 8.32 Å². The number of allylic oxidation sites excluding steroid dienone is 2. The van der Waals surface area contributed by atoms with Crippen molar-refractivity contribution < 1.29 is 9.16 Å². The zero-order valence-electron chi connectivity index (χ0n) is 17.7. The van der Waals surface area contributed by atoms with Crippen LogP contribution in [0.25, 0.3) is 0 Å². The fourth-order valence-corrected chi connectivity index (χ4v) is 9.57. The quantitative estimate of drug-likeness (QED) is 0.564. The highest BCUT2D eigenvalue weighted by Crippen LogP contribution is 2.81. The van der Waals surface area contributed by atoms with E-state index in [1.807, 2.05) is 7.11 Å². The van der Waals surface area contributed by atoms with Crippen LogP contribution in [0.15, 0.2) is 11.8 Å². The molecule has 5 aliphatic rings. The summed E-state index contributed by atoms with van der Waals surface area (Å²) in [6, 6.07) is 0. The maximum atomic E-state index is 6.61. The van der Waals surface area contributed by atoms with Gasteiger partial charge in [0.15, 0.2) is 0 Å². The van der Waals surface area contributed by atoms with Crippen LogP contribution in [-0.2, 0) is 9.16 Å². The first kappa shape index (κ1) is 17.8. The molecule has 4 fully saturated rings. The molecule has 1 spiro atoms. The lowest BCUT2D eigenvalue weighted by molar-refractivity contribution is -0.155. The highest BCUT2D eigenvalue weighted by atomic mass is 28.4. The molecule has 0 bridgehead atoms. The minimum atomic E-state index is -1.54. The van der Waals surface area contributed by atoms with E-state index in [4.69, 9.17) is 9.16 Å². The molecule has 0 aromatic carbocycles. The summed E-state index contributed by atoms with van der Waals surface area (Å²) in [5, 5.41) is 0. The van der Waals surface area contributed by atoms with E-state index in [1.54, 1.807) is 0 Å². The fourth-order valence-electron chi connectivity index (χ4n) is 8.59. The van der Waals surface area contributed by atoms with Crippen molar-refractivity contribution in [3.8, 4) is 0 Å². The molecule has 2 nitrogen and oxygen atoms in total. The smallest absolute Gasteiger partial charge is 0.241 e. The van der Waals surface area contributed by atoms with Gasteiger partial charge in [-0.25, -0.2) is 0 Å². The molecule has 0 aromatic rings. The van der Waals surface area contributed by atoms with Crippen LogP contribution in [-0.4, -0.2) is 21.5 Å². The van der Waals surface area contributed by atoms with E-state index in [0.29, 0.717) is 16.9 Å². The summed E-state index contributed by atoms with van der Waals surface area (Å²) in [5.74, 6) is 4.85. The number of hydrogen-bond acceptors (Lipinski definition) is 2. The molecule has 5 rings (SSSR count). The van der Waals surface area contributed by atoms with E-state index in [9.17, 15) is 0 Å². The van der Waals surface area contributed by atoms with Gasteiger partial charge in [-0.05, 0) is 99.7 Å².